The molecule has 0 heterocycles. The van der Waals surface area contributed by atoms with E-state index < -0.39 is 0 Å². The van der Waals surface area contributed by atoms with Gasteiger partial charge in [0, 0.05) is 13.5 Å². The highest BCUT2D eigenvalue weighted by Gasteiger charge is 2.61. The fourth-order valence-corrected chi connectivity index (χ4v) is 8.81. The molecule has 9 atom stereocenters. The molecule has 0 aliphatic heterocycles. The smallest absolute Gasteiger partial charge is 0.305 e. The lowest BCUT2D eigenvalue weighted by atomic mass is 9.44. The van der Waals surface area contributed by atoms with Gasteiger partial charge in [-0.1, -0.05) is 13.8 Å². The predicted molar refractivity (Wildman–Crippen MR) is 119 cm³/mol. The zero-order valence-corrected chi connectivity index (χ0v) is 20.1. The van der Waals surface area contributed by atoms with E-state index in [1.54, 1.807) is 7.11 Å². The third kappa shape index (κ3) is 4.19. The number of fused-ring (bicyclic) bond motifs is 5. The highest BCUT2D eigenvalue weighted by Crippen LogP contribution is 2.68. The fraction of sp³-hybridized carbons (Fsp3) is 0.962. The second-order valence-corrected chi connectivity index (χ2v) is 11.5. The number of aliphatic hydroxyl groups is 1. The molecule has 4 saturated carbocycles. The molecule has 4 aliphatic rings. The lowest BCUT2D eigenvalue weighted by molar-refractivity contribution is -0.154. The molecule has 0 bridgehead atoms. The van der Waals surface area contributed by atoms with Gasteiger partial charge >= 0.3 is 5.97 Å². The summed E-state index contributed by atoms with van der Waals surface area (Å²) in [4.78, 5) is 11.8. The predicted octanol–water partition coefficient (Wildman–Crippen LogP) is 4.95. The molecule has 0 aromatic rings. The summed E-state index contributed by atoms with van der Waals surface area (Å²) in [5, 5.41) is 10.3. The number of carbonyl (C=O) groups is 1. The third-order valence-corrected chi connectivity index (χ3v) is 10.4. The maximum absolute atomic E-state index is 11.8. The van der Waals surface area contributed by atoms with Gasteiger partial charge in [-0.05, 0) is 105 Å². The summed E-state index contributed by atoms with van der Waals surface area (Å²) in [6, 6.07) is 0. The largest absolute Gasteiger partial charge is 0.469 e. The number of esters is 1. The van der Waals surface area contributed by atoms with Crippen molar-refractivity contribution in [2.75, 3.05) is 21.0 Å². The lowest BCUT2D eigenvalue weighted by Crippen LogP contribution is -2.54. The quantitative estimate of drug-likeness (QED) is 0.452. The molecule has 31 heavy (non-hydrogen) atoms. The topological polar surface area (TPSA) is 65.0 Å². The molecule has 4 rings (SSSR count). The van der Waals surface area contributed by atoms with Gasteiger partial charge in [-0.3, -0.25) is 4.79 Å². The molecule has 0 amide bonds. The van der Waals surface area contributed by atoms with Crippen molar-refractivity contribution in [1.29, 1.82) is 0 Å². The number of hydrogen-bond acceptors (Lipinski definition) is 5. The first-order chi connectivity index (χ1) is 14.8. The van der Waals surface area contributed by atoms with E-state index in [1.165, 1.54) is 52.1 Å². The van der Waals surface area contributed by atoms with Crippen molar-refractivity contribution in [3.8, 4) is 0 Å². The van der Waals surface area contributed by atoms with Gasteiger partial charge in [-0.25, -0.2) is 0 Å². The summed E-state index contributed by atoms with van der Waals surface area (Å²) in [7, 11) is 3.13. The molecule has 5 heteroatoms. The molecule has 0 radical (unpaired) electrons. The van der Waals surface area contributed by atoms with Gasteiger partial charge in [0.05, 0.1) is 19.3 Å². The zero-order chi connectivity index (χ0) is 22.2. The van der Waals surface area contributed by atoms with Crippen LogP contribution < -0.4 is 0 Å². The van der Waals surface area contributed by atoms with Gasteiger partial charge in [0.15, 0.2) is 0 Å². The highest BCUT2D eigenvalue weighted by atomic mass is 16.7. The van der Waals surface area contributed by atoms with Crippen LogP contribution in [-0.4, -0.2) is 44.3 Å². The lowest BCUT2D eigenvalue weighted by Gasteiger charge is -2.61. The Balaban J connectivity index is 1.51. The standard InChI is InChI=1S/C26H44O5/c1-25-13-11-18(27)15-17(25)5-6-19-20-7-8-22(26(20,2)14-12-21(19)25)23(31-16-29-3)9-10-24(28)30-4/h17-23,27H,5-16H2,1-4H3/t17-,18-,19?,20?,21?,22+,23+,25-,26-/m0/s1. The normalized spacial score (nSPS) is 45.3. The average Bonchev–Trinajstić information content (AvgIpc) is 3.11. The fourth-order valence-electron chi connectivity index (χ4n) is 8.81. The molecule has 3 unspecified atom stereocenters. The van der Waals surface area contributed by atoms with Crippen molar-refractivity contribution in [2.45, 2.75) is 96.7 Å². The Morgan fingerprint density at radius 1 is 1.00 bits per heavy atom. The van der Waals surface area contributed by atoms with Crippen LogP contribution in [0.2, 0.25) is 0 Å². The Kier molecular flexibility index (Phi) is 7.06. The van der Waals surface area contributed by atoms with Crippen molar-refractivity contribution in [3.63, 3.8) is 0 Å². The Morgan fingerprint density at radius 2 is 1.74 bits per heavy atom. The van der Waals surface area contributed by atoms with E-state index in [9.17, 15) is 9.90 Å². The monoisotopic (exact) mass is 436 g/mol. The van der Waals surface area contributed by atoms with E-state index in [4.69, 9.17) is 14.2 Å². The molecular weight excluding hydrogens is 392 g/mol. The van der Waals surface area contributed by atoms with E-state index in [1.807, 2.05) is 0 Å². The second-order valence-electron chi connectivity index (χ2n) is 11.5. The summed E-state index contributed by atoms with van der Waals surface area (Å²) < 4.78 is 16.3. The van der Waals surface area contributed by atoms with Crippen molar-refractivity contribution in [1.82, 2.24) is 0 Å². The number of aliphatic hydroxyl groups excluding tert-OH is 1. The molecule has 5 nitrogen and oxygen atoms in total. The number of methoxy groups -OCH3 is 2. The van der Waals surface area contributed by atoms with E-state index in [-0.39, 0.29) is 30.4 Å². The average molecular weight is 437 g/mol. The van der Waals surface area contributed by atoms with Crippen LogP contribution in [0, 0.1) is 40.4 Å². The molecular formula is C26H44O5. The number of rotatable bonds is 7. The number of ether oxygens (including phenoxy) is 3. The highest BCUT2D eigenvalue weighted by molar-refractivity contribution is 5.69. The van der Waals surface area contributed by atoms with Crippen LogP contribution in [0.3, 0.4) is 0 Å². The van der Waals surface area contributed by atoms with Crippen LogP contribution in [0.25, 0.3) is 0 Å². The number of hydrogen-bond donors (Lipinski definition) is 1. The minimum absolute atomic E-state index is 0.0577. The van der Waals surface area contributed by atoms with Crippen LogP contribution in [0.15, 0.2) is 0 Å². The molecule has 4 fully saturated rings. The minimum atomic E-state index is -0.153. The Morgan fingerprint density at radius 3 is 2.48 bits per heavy atom. The van der Waals surface area contributed by atoms with Crippen molar-refractivity contribution >= 4 is 5.97 Å². The SMILES string of the molecule is COCO[C@H](CCC(=O)OC)[C@H]1CCC2C3CC[C@H]4C[C@@H](O)CC[C@]4(C)C3CC[C@@]21C. The molecule has 0 aromatic heterocycles. The van der Waals surface area contributed by atoms with Crippen molar-refractivity contribution in [3.05, 3.63) is 0 Å². The van der Waals surface area contributed by atoms with Crippen LogP contribution >= 0.6 is 0 Å². The maximum Gasteiger partial charge on any atom is 0.305 e. The first kappa shape index (κ1) is 23.5. The van der Waals surface area contributed by atoms with Gasteiger partial charge in [-0.2, -0.15) is 0 Å². The van der Waals surface area contributed by atoms with Gasteiger partial charge in [0.1, 0.15) is 6.79 Å². The van der Waals surface area contributed by atoms with Crippen LogP contribution in [-0.2, 0) is 19.0 Å². The Labute approximate surface area is 188 Å². The minimum Gasteiger partial charge on any atom is -0.469 e. The van der Waals surface area contributed by atoms with Gasteiger partial charge in [-0.15, -0.1) is 0 Å². The van der Waals surface area contributed by atoms with E-state index in [2.05, 4.69) is 13.8 Å². The molecule has 0 saturated heterocycles. The molecule has 0 aromatic carbocycles. The van der Waals surface area contributed by atoms with Gasteiger partial charge in [0.2, 0.25) is 0 Å². The summed E-state index contributed by atoms with van der Waals surface area (Å²) in [5.74, 6) is 3.41. The van der Waals surface area contributed by atoms with Crippen molar-refractivity contribution in [2.24, 2.45) is 40.4 Å². The summed E-state index contributed by atoms with van der Waals surface area (Å²) >= 11 is 0. The zero-order valence-electron chi connectivity index (χ0n) is 20.1. The summed E-state index contributed by atoms with van der Waals surface area (Å²) in [6.07, 6.45) is 12.0. The van der Waals surface area contributed by atoms with E-state index >= 15 is 0 Å². The molecule has 178 valence electrons. The Bertz CT molecular complexity index is 637. The second kappa shape index (κ2) is 9.30. The first-order valence-electron chi connectivity index (χ1n) is 12.7. The number of carbonyl (C=O) groups excluding carboxylic acids is 1. The van der Waals surface area contributed by atoms with Gasteiger partial charge in [0.25, 0.3) is 0 Å². The Hall–Kier alpha value is -0.650. The van der Waals surface area contributed by atoms with E-state index in [0.717, 1.165) is 37.0 Å². The maximum atomic E-state index is 11.8. The first-order valence-corrected chi connectivity index (χ1v) is 12.7. The summed E-state index contributed by atoms with van der Waals surface area (Å²) in [5.41, 5.74) is 0.700. The van der Waals surface area contributed by atoms with Crippen LogP contribution in [0.1, 0.15) is 84.5 Å². The third-order valence-electron chi connectivity index (χ3n) is 10.4. The molecule has 1 N–H and O–H groups in total. The van der Waals surface area contributed by atoms with Crippen LogP contribution in [0.5, 0.6) is 0 Å². The molecule has 4 aliphatic carbocycles. The van der Waals surface area contributed by atoms with Gasteiger partial charge < -0.3 is 19.3 Å². The summed E-state index contributed by atoms with van der Waals surface area (Å²) in [6.45, 7) is 5.36. The van der Waals surface area contributed by atoms with Crippen molar-refractivity contribution < 1.29 is 24.1 Å². The molecule has 0 spiro atoms. The van der Waals surface area contributed by atoms with Crippen LogP contribution in [0.4, 0.5) is 0 Å². The van der Waals surface area contributed by atoms with E-state index in [0.29, 0.717) is 23.7 Å².